The predicted molar refractivity (Wildman–Crippen MR) is 145 cm³/mol. The van der Waals surface area contributed by atoms with Gasteiger partial charge in [0.2, 0.25) is 0 Å². The molecule has 0 spiro atoms. The van der Waals surface area contributed by atoms with Gasteiger partial charge in [0.15, 0.2) is 0 Å². The van der Waals surface area contributed by atoms with Crippen LogP contribution in [0.25, 0.3) is 0 Å². The monoisotopic (exact) mass is 508 g/mol. The summed E-state index contributed by atoms with van der Waals surface area (Å²) in [5.74, 6) is 0. The molecule has 0 atom stereocenters. The third kappa shape index (κ3) is 39.5. The Morgan fingerprint density at radius 3 is 1.03 bits per heavy atom. The second-order valence-corrected chi connectivity index (χ2v) is 11.2. The fraction of sp³-hybridized carbons (Fsp3) is 0.862. The van der Waals surface area contributed by atoms with E-state index in [-0.39, 0.29) is 24.8 Å². The minimum absolute atomic E-state index is 0. The van der Waals surface area contributed by atoms with Crippen LogP contribution in [-0.4, -0.2) is 63.8 Å². The number of halogens is 2. The number of likely N-dealkylation sites (N-methyl/N-ethyl adjacent to an activating group) is 2. The predicted octanol–water partition coefficient (Wildman–Crippen LogP) is 2.40. The number of unbranched alkanes of at least 4 members (excludes halogenated alkanes) is 15. The van der Waals surface area contributed by atoms with E-state index in [1.807, 2.05) is 12.2 Å². The topological polar surface area (TPSA) is 0 Å². The van der Waals surface area contributed by atoms with Crippen LogP contribution in [0.1, 0.15) is 110 Å². The molecule has 0 fully saturated rings. The van der Waals surface area contributed by atoms with Gasteiger partial charge in [-0.2, -0.15) is 0 Å². The maximum atomic E-state index is 3.85. The molecule has 0 aliphatic rings. The van der Waals surface area contributed by atoms with Crippen LogP contribution in [0, 0.1) is 0 Å². The number of hydrogen-bond donors (Lipinski definition) is 0. The molecule has 0 heterocycles. The molecule has 0 aromatic carbocycles. The highest BCUT2D eigenvalue weighted by atomic mass is 35.5. The summed E-state index contributed by atoms with van der Waals surface area (Å²) in [7, 11) is 11.0. The highest BCUT2D eigenvalue weighted by molar-refractivity contribution is 4.64. The standard InChI is InChI=1S/C23H48N.C6H14N.2ClH/c1-5-7-8-9-10-11-12-13-14-15-16-17-18-19-20-21-23-24(3,4)22-6-2;1-5-6-7(2,3)4;;/h6H,2,5,7-23H2,1,3-4H3;5H,1,6H2,2-4H3;2*1H/q2*+1;;/p-2. The van der Waals surface area contributed by atoms with E-state index < -0.39 is 0 Å². The van der Waals surface area contributed by atoms with Crippen LogP contribution < -0.4 is 24.8 Å². The molecule has 0 saturated heterocycles. The lowest BCUT2D eigenvalue weighted by atomic mass is 10.0. The molecule has 0 aliphatic heterocycles. The molecule has 4 heteroatoms. The largest absolute Gasteiger partial charge is 1.00 e. The van der Waals surface area contributed by atoms with Crippen LogP contribution in [0.15, 0.2) is 25.3 Å². The van der Waals surface area contributed by atoms with E-state index in [9.17, 15) is 0 Å². The quantitative estimate of drug-likeness (QED) is 0.127. The van der Waals surface area contributed by atoms with Crippen molar-refractivity contribution >= 4 is 0 Å². The first kappa shape index (κ1) is 40.2. The molecule has 33 heavy (non-hydrogen) atoms. The van der Waals surface area contributed by atoms with Crippen LogP contribution in [0.4, 0.5) is 0 Å². The van der Waals surface area contributed by atoms with E-state index >= 15 is 0 Å². The first-order valence-electron chi connectivity index (χ1n) is 13.5. The fourth-order valence-corrected chi connectivity index (χ4v) is 3.92. The van der Waals surface area contributed by atoms with Crippen molar-refractivity contribution in [2.75, 3.05) is 54.9 Å². The molecular weight excluding hydrogens is 447 g/mol. The van der Waals surface area contributed by atoms with E-state index in [2.05, 4.69) is 55.3 Å². The summed E-state index contributed by atoms with van der Waals surface area (Å²) in [5, 5.41) is 0. The molecule has 0 aliphatic carbocycles. The second kappa shape index (κ2) is 28.2. The third-order valence-corrected chi connectivity index (χ3v) is 5.92. The summed E-state index contributed by atoms with van der Waals surface area (Å²) in [6.45, 7) is 13.2. The van der Waals surface area contributed by atoms with Crippen molar-refractivity contribution < 1.29 is 33.8 Å². The maximum Gasteiger partial charge on any atom is 0.0966 e. The van der Waals surface area contributed by atoms with Crippen molar-refractivity contribution in [2.45, 2.75) is 110 Å². The molecule has 0 unspecified atom stereocenters. The van der Waals surface area contributed by atoms with E-state index in [1.165, 1.54) is 109 Å². The number of hydrogen-bond acceptors (Lipinski definition) is 0. The summed E-state index contributed by atoms with van der Waals surface area (Å²) < 4.78 is 2.08. The van der Waals surface area contributed by atoms with Crippen molar-refractivity contribution in [3.63, 3.8) is 0 Å². The molecular formula is C29H62Cl2N2. The van der Waals surface area contributed by atoms with Gasteiger partial charge in [-0.05, 0) is 25.0 Å². The highest BCUT2D eigenvalue weighted by Crippen LogP contribution is 2.14. The average molecular weight is 510 g/mol. The van der Waals surface area contributed by atoms with Crippen molar-refractivity contribution in [2.24, 2.45) is 0 Å². The van der Waals surface area contributed by atoms with Gasteiger partial charge in [-0.25, -0.2) is 0 Å². The zero-order valence-corrected chi connectivity index (χ0v) is 25.2. The summed E-state index contributed by atoms with van der Waals surface area (Å²) in [6, 6.07) is 0. The Balaban J connectivity index is -0.000000404. The Hall–Kier alpha value is -0.0200. The van der Waals surface area contributed by atoms with Crippen LogP contribution >= 0.6 is 0 Å². The lowest BCUT2D eigenvalue weighted by Crippen LogP contribution is -3.00. The minimum Gasteiger partial charge on any atom is -1.00 e. The van der Waals surface area contributed by atoms with Crippen molar-refractivity contribution in [1.82, 2.24) is 0 Å². The Labute approximate surface area is 223 Å². The van der Waals surface area contributed by atoms with E-state index in [1.54, 1.807) is 0 Å². The molecule has 0 radical (unpaired) electrons. The molecule has 0 N–H and O–H groups in total. The zero-order valence-electron chi connectivity index (χ0n) is 23.7. The molecule has 0 bridgehead atoms. The van der Waals surface area contributed by atoms with Crippen LogP contribution in [-0.2, 0) is 0 Å². The van der Waals surface area contributed by atoms with E-state index in [4.69, 9.17) is 0 Å². The Kier molecular flexibility index (Phi) is 34.3. The van der Waals surface area contributed by atoms with Gasteiger partial charge in [0.1, 0.15) is 0 Å². The van der Waals surface area contributed by atoms with Crippen molar-refractivity contribution in [1.29, 1.82) is 0 Å². The Morgan fingerprint density at radius 2 is 0.788 bits per heavy atom. The summed E-state index contributed by atoms with van der Waals surface area (Å²) in [6.07, 6.45) is 27.2. The maximum absolute atomic E-state index is 3.85. The number of quaternary nitrogens is 2. The van der Waals surface area contributed by atoms with Crippen molar-refractivity contribution in [3.8, 4) is 0 Å². The number of nitrogens with zero attached hydrogens (tertiary/aromatic N) is 2. The second-order valence-electron chi connectivity index (χ2n) is 11.2. The first-order chi connectivity index (χ1) is 14.7. The molecule has 202 valence electrons. The normalized spacial score (nSPS) is 11.0. The molecule has 0 aromatic rings. The highest BCUT2D eigenvalue weighted by Gasteiger charge is 2.11. The fourth-order valence-electron chi connectivity index (χ4n) is 3.92. The molecule has 0 aromatic heterocycles. The smallest absolute Gasteiger partial charge is 0.0966 e. The van der Waals surface area contributed by atoms with Gasteiger partial charge in [-0.1, -0.05) is 110 Å². The van der Waals surface area contributed by atoms with E-state index in [0.29, 0.717) is 0 Å². The van der Waals surface area contributed by atoms with Gasteiger partial charge in [-0.15, -0.1) is 0 Å². The van der Waals surface area contributed by atoms with Crippen LogP contribution in [0.5, 0.6) is 0 Å². The molecule has 0 amide bonds. The summed E-state index contributed by atoms with van der Waals surface area (Å²) in [4.78, 5) is 0. The van der Waals surface area contributed by atoms with Crippen molar-refractivity contribution in [3.05, 3.63) is 25.3 Å². The summed E-state index contributed by atoms with van der Waals surface area (Å²) >= 11 is 0. The Bertz CT molecular complexity index is 390. The zero-order chi connectivity index (χ0) is 23.8. The minimum atomic E-state index is 0. The lowest BCUT2D eigenvalue weighted by Gasteiger charge is -2.28. The number of rotatable bonds is 21. The average Bonchev–Trinajstić information content (AvgIpc) is 2.67. The molecule has 0 rings (SSSR count). The molecule has 0 saturated carbocycles. The van der Waals surface area contributed by atoms with Crippen LogP contribution in [0.3, 0.4) is 0 Å². The first-order valence-corrected chi connectivity index (χ1v) is 13.5. The lowest BCUT2D eigenvalue weighted by molar-refractivity contribution is -0.884. The summed E-state index contributed by atoms with van der Waals surface area (Å²) in [5.41, 5.74) is 0. The van der Waals surface area contributed by atoms with Gasteiger partial charge >= 0.3 is 0 Å². The van der Waals surface area contributed by atoms with Crippen LogP contribution in [0.2, 0.25) is 0 Å². The van der Waals surface area contributed by atoms with Gasteiger partial charge in [0, 0.05) is 0 Å². The Morgan fingerprint density at radius 1 is 0.485 bits per heavy atom. The van der Waals surface area contributed by atoms with Gasteiger partial charge in [0.05, 0.1) is 54.9 Å². The SMILES string of the molecule is C=CC[N+](C)(C)C.C=CC[N+](C)(C)CCCCCCCCCCCCCCCCCC.[Cl-].[Cl-]. The van der Waals surface area contributed by atoms with Gasteiger partial charge < -0.3 is 33.8 Å². The van der Waals surface area contributed by atoms with Gasteiger partial charge in [0.25, 0.3) is 0 Å². The molecule has 2 nitrogen and oxygen atoms in total. The van der Waals surface area contributed by atoms with E-state index in [0.717, 1.165) is 22.1 Å². The van der Waals surface area contributed by atoms with Gasteiger partial charge in [-0.3, -0.25) is 0 Å². The third-order valence-electron chi connectivity index (χ3n) is 5.92.